The molecule has 0 atom stereocenters. The Labute approximate surface area is 187 Å². The van der Waals surface area contributed by atoms with E-state index in [-0.39, 0.29) is 0 Å². The van der Waals surface area contributed by atoms with Crippen molar-refractivity contribution in [1.29, 1.82) is 0 Å². The number of fused-ring (bicyclic) bond motifs is 1. The van der Waals surface area contributed by atoms with Gasteiger partial charge < -0.3 is 10.2 Å². The summed E-state index contributed by atoms with van der Waals surface area (Å²) in [6.45, 7) is 1.91. The Balaban J connectivity index is 1.38. The van der Waals surface area contributed by atoms with E-state index in [4.69, 9.17) is 0 Å². The third-order valence-electron chi connectivity index (χ3n) is 5.44. The molecule has 1 aliphatic heterocycles. The molecule has 0 unspecified atom stereocenters. The van der Waals surface area contributed by atoms with Crippen LogP contribution in [0.15, 0.2) is 77.9 Å². The lowest BCUT2D eigenvalue weighted by Crippen LogP contribution is -2.31. The van der Waals surface area contributed by atoms with Gasteiger partial charge in [-0.15, -0.1) is 0 Å². The Morgan fingerprint density at radius 1 is 0.750 bits per heavy atom. The fourth-order valence-electron chi connectivity index (χ4n) is 3.81. The molecule has 2 heterocycles. The van der Waals surface area contributed by atoms with Crippen LogP contribution in [0.1, 0.15) is 24.8 Å². The number of hydrazone groups is 1. The maximum Gasteiger partial charge on any atom is 0.250 e. The molecule has 0 spiro atoms. The molecule has 0 amide bonds. The summed E-state index contributed by atoms with van der Waals surface area (Å²) in [4.78, 5) is 16.0. The minimum atomic E-state index is 0.413. The van der Waals surface area contributed by atoms with E-state index in [0.717, 1.165) is 37.2 Å². The van der Waals surface area contributed by atoms with E-state index in [1.54, 1.807) is 6.21 Å². The monoisotopic (exact) mass is 423 g/mol. The summed E-state index contributed by atoms with van der Waals surface area (Å²) < 4.78 is 0. The number of rotatable bonds is 6. The number of benzene rings is 3. The Hall–Kier alpha value is -4.00. The molecule has 4 aromatic rings. The van der Waals surface area contributed by atoms with Crippen LogP contribution in [0.25, 0.3) is 10.8 Å². The fourth-order valence-corrected chi connectivity index (χ4v) is 3.81. The molecule has 3 aromatic carbocycles. The quantitative estimate of drug-likeness (QED) is 0.328. The van der Waals surface area contributed by atoms with Crippen molar-refractivity contribution in [2.75, 3.05) is 28.7 Å². The second kappa shape index (κ2) is 9.43. The van der Waals surface area contributed by atoms with Crippen molar-refractivity contribution in [2.24, 2.45) is 5.10 Å². The van der Waals surface area contributed by atoms with Crippen molar-refractivity contribution in [3.8, 4) is 0 Å². The van der Waals surface area contributed by atoms with E-state index in [2.05, 4.69) is 60.0 Å². The van der Waals surface area contributed by atoms with Gasteiger partial charge >= 0.3 is 0 Å². The summed E-state index contributed by atoms with van der Waals surface area (Å²) in [6, 6.07) is 24.4. The van der Waals surface area contributed by atoms with Gasteiger partial charge in [-0.2, -0.15) is 20.1 Å². The molecule has 32 heavy (non-hydrogen) atoms. The Morgan fingerprint density at radius 2 is 1.50 bits per heavy atom. The maximum absolute atomic E-state index is 4.65. The second-order valence-corrected chi connectivity index (χ2v) is 7.80. The number of aromatic nitrogens is 3. The highest BCUT2D eigenvalue weighted by atomic mass is 15.4. The van der Waals surface area contributed by atoms with Gasteiger partial charge in [0.1, 0.15) is 0 Å². The van der Waals surface area contributed by atoms with Gasteiger partial charge in [0.05, 0.1) is 6.21 Å². The van der Waals surface area contributed by atoms with Gasteiger partial charge in [-0.25, -0.2) is 5.43 Å². The van der Waals surface area contributed by atoms with E-state index in [9.17, 15) is 0 Å². The third-order valence-corrected chi connectivity index (χ3v) is 5.44. The van der Waals surface area contributed by atoms with Crippen molar-refractivity contribution < 1.29 is 0 Å². The normalized spacial score (nSPS) is 14.1. The number of para-hydroxylation sites is 1. The molecule has 160 valence electrons. The molecule has 1 saturated heterocycles. The van der Waals surface area contributed by atoms with E-state index in [1.807, 2.05) is 48.5 Å². The van der Waals surface area contributed by atoms with E-state index < -0.39 is 0 Å². The summed E-state index contributed by atoms with van der Waals surface area (Å²) >= 11 is 0. The van der Waals surface area contributed by atoms with E-state index >= 15 is 0 Å². The lowest BCUT2D eigenvalue weighted by Gasteiger charge is -2.26. The number of hydrogen-bond donors (Lipinski definition) is 2. The minimum Gasteiger partial charge on any atom is -0.341 e. The summed E-state index contributed by atoms with van der Waals surface area (Å²) in [5.74, 6) is 1.58. The minimum absolute atomic E-state index is 0.413. The highest BCUT2D eigenvalue weighted by Gasteiger charge is 2.16. The van der Waals surface area contributed by atoms with Crippen LogP contribution in [0, 0.1) is 0 Å². The smallest absolute Gasteiger partial charge is 0.250 e. The van der Waals surface area contributed by atoms with Gasteiger partial charge in [0, 0.05) is 18.8 Å². The van der Waals surface area contributed by atoms with E-state index in [1.165, 1.54) is 17.2 Å². The lowest BCUT2D eigenvalue weighted by atomic mass is 10.1. The van der Waals surface area contributed by atoms with Crippen molar-refractivity contribution in [2.45, 2.75) is 19.3 Å². The van der Waals surface area contributed by atoms with Gasteiger partial charge in [-0.05, 0) is 53.8 Å². The summed E-state index contributed by atoms with van der Waals surface area (Å²) in [5, 5.41) is 10.0. The molecule has 7 nitrogen and oxygen atoms in total. The Morgan fingerprint density at radius 3 is 2.34 bits per heavy atom. The summed E-state index contributed by atoms with van der Waals surface area (Å²) in [7, 11) is 0. The first kappa shape index (κ1) is 19.9. The molecular weight excluding hydrogens is 398 g/mol. The van der Waals surface area contributed by atoms with Crippen LogP contribution in [0.3, 0.4) is 0 Å². The zero-order chi connectivity index (χ0) is 21.6. The first-order chi connectivity index (χ1) is 15.8. The number of anilines is 4. The van der Waals surface area contributed by atoms with Crippen molar-refractivity contribution >= 4 is 40.5 Å². The average Bonchev–Trinajstić information content (AvgIpc) is 2.85. The molecule has 0 bridgehead atoms. The molecule has 0 radical (unpaired) electrons. The van der Waals surface area contributed by atoms with Crippen LogP contribution in [-0.2, 0) is 0 Å². The first-order valence-corrected chi connectivity index (χ1v) is 10.9. The number of nitrogens with one attached hydrogen (secondary N) is 2. The molecule has 5 rings (SSSR count). The molecule has 0 aliphatic carbocycles. The van der Waals surface area contributed by atoms with Crippen LogP contribution in [0.5, 0.6) is 0 Å². The highest BCUT2D eigenvalue weighted by Crippen LogP contribution is 2.21. The number of nitrogens with zero attached hydrogens (tertiary/aromatic N) is 5. The molecule has 0 saturated carbocycles. The van der Waals surface area contributed by atoms with Gasteiger partial charge in [0.2, 0.25) is 17.8 Å². The van der Waals surface area contributed by atoms with Crippen LogP contribution in [0.2, 0.25) is 0 Å². The van der Waals surface area contributed by atoms with Gasteiger partial charge in [-0.1, -0.05) is 54.6 Å². The van der Waals surface area contributed by atoms with Crippen molar-refractivity contribution in [3.63, 3.8) is 0 Å². The summed E-state index contributed by atoms with van der Waals surface area (Å²) in [5.41, 5.74) is 4.92. The van der Waals surface area contributed by atoms with Gasteiger partial charge in [-0.3, -0.25) is 0 Å². The van der Waals surface area contributed by atoms with Crippen molar-refractivity contribution in [3.05, 3.63) is 78.4 Å². The molecule has 1 fully saturated rings. The zero-order valence-electron chi connectivity index (χ0n) is 17.8. The average molecular weight is 424 g/mol. The van der Waals surface area contributed by atoms with Crippen molar-refractivity contribution in [1.82, 2.24) is 15.0 Å². The Bertz CT molecular complexity index is 1220. The maximum atomic E-state index is 4.65. The van der Waals surface area contributed by atoms with E-state index in [0.29, 0.717) is 17.8 Å². The Kier molecular flexibility index (Phi) is 5.87. The predicted octanol–water partition coefficient (Wildman–Crippen LogP) is 5.20. The van der Waals surface area contributed by atoms with Crippen LogP contribution in [-0.4, -0.2) is 34.3 Å². The first-order valence-electron chi connectivity index (χ1n) is 10.9. The predicted molar refractivity (Wildman–Crippen MR) is 131 cm³/mol. The molecule has 2 N–H and O–H groups in total. The fraction of sp³-hybridized carbons (Fsp3) is 0.200. The largest absolute Gasteiger partial charge is 0.341 e. The second-order valence-electron chi connectivity index (χ2n) is 7.80. The standard InChI is InChI=1S/C25H25N7/c1-3-11-22(12-4-1)27-23-28-24(30-25(29-23)32-15-7-2-8-16-32)31-26-18-19-13-14-20-9-5-6-10-21(20)17-19/h1,3-6,9-14,17-18H,2,7-8,15-16H2,(H2,27,28,29,30,31). The van der Waals surface area contributed by atoms with Crippen LogP contribution >= 0.6 is 0 Å². The van der Waals surface area contributed by atoms with Gasteiger partial charge in [0.15, 0.2) is 0 Å². The zero-order valence-corrected chi connectivity index (χ0v) is 17.8. The SMILES string of the molecule is C(=NNc1nc(Nc2ccccc2)nc(N2CCCCC2)n1)c1ccc2ccccc2c1. The third kappa shape index (κ3) is 4.83. The van der Waals surface area contributed by atoms with Crippen LogP contribution in [0.4, 0.5) is 23.5 Å². The molecular formula is C25H25N7. The van der Waals surface area contributed by atoms with Crippen LogP contribution < -0.4 is 15.6 Å². The van der Waals surface area contributed by atoms with Gasteiger partial charge in [0.25, 0.3) is 0 Å². The summed E-state index contributed by atoms with van der Waals surface area (Å²) in [6.07, 6.45) is 5.32. The number of piperidine rings is 1. The number of hydrogen-bond acceptors (Lipinski definition) is 7. The topological polar surface area (TPSA) is 78.3 Å². The molecule has 1 aromatic heterocycles. The lowest BCUT2D eigenvalue weighted by molar-refractivity contribution is 0.568. The molecule has 1 aliphatic rings. The highest BCUT2D eigenvalue weighted by molar-refractivity contribution is 5.90. The molecule has 7 heteroatoms.